The van der Waals surface area contributed by atoms with Crippen molar-refractivity contribution in [1.29, 1.82) is 0 Å². The normalized spacial score (nSPS) is 27.8. The molecule has 1 aromatic carbocycles. The van der Waals surface area contributed by atoms with E-state index in [4.69, 9.17) is 0 Å². The molecule has 112 valence electrons. The third kappa shape index (κ3) is 3.96. The lowest BCUT2D eigenvalue weighted by Gasteiger charge is -2.39. The van der Waals surface area contributed by atoms with E-state index in [1.165, 1.54) is 11.9 Å². The van der Waals surface area contributed by atoms with Gasteiger partial charge in [0.05, 0.1) is 12.6 Å². The number of aliphatic hydroxyl groups is 1. The fraction of sp³-hybridized carbons (Fsp3) is 0.600. The quantitative estimate of drug-likeness (QED) is 0.923. The van der Waals surface area contributed by atoms with Gasteiger partial charge in [0, 0.05) is 6.04 Å². The highest BCUT2D eigenvalue weighted by molar-refractivity contribution is 5.20. The summed E-state index contributed by atoms with van der Waals surface area (Å²) in [4.78, 5) is 1.24. The molecule has 1 aliphatic rings. The highest BCUT2D eigenvalue weighted by Gasteiger charge is 2.37. The molecule has 5 heteroatoms. The molecule has 1 saturated carbocycles. The predicted octanol–water partition coefficient (Wildman–Crippen LogP) is 3.18. The number of nitrogens with zero attached hydrogens (tertiary/aromatic N) is 1. The van der Waals surface area contributed by atoms with E-state index in [0.29, 0.717) is 12.8 Å². The van der Waals surface area contributed by atoms with Crippen LogP contribution in [0.2, 0.25) is 0 Å². The van der Waals surface area contributed by atoms with E-state index < -0.39 is 24.9 Å². The fourth-order valence-electron chi connectivity index (χ4n) is 3.03. The zero-order chi connectivity index (χ0) is 14.8. The molecule has 0 heterocycles. The molecule has 0 saturated heterocycles. The number of likely N-dealkylation sites (N-methyl/N-ethyl adjacent to an activating group) is 1. The highest BCUT2D eigenvalue weighted by atomic mass is 19.4. The summed E-state index contributed by atoms with van der Waals surface area (Å²) >= 11 is 0. The molecule has 1 fully saturated rings. The maximum Gasteiger partial charge on any atom is 0.401 e. The van der Waals surface area contributed by atoms with Crippen LogP contribution in [0.5, 0.6) is 0 Å². The van der Waals surface area contributed by atoms with E-state index >= 15 is 0 Å². The monoisotopic (exact) mass is 287 g/mol. The lowest BCUT2D eigenvalue weighted by Crippen LogP contribution is -2.48. The second kappa shape index (κ2) is 6.14. The van der Waals surface area contributed by atoms with Gasteiger partial charge in [0.15, 0.2) is 0 Å². The summed E-state index contributed by atoms with van der Waals surface area (Å²) in [6.45, 7) is -0.976. The van der Waals surface area contributed by atoms with Gasteiger partial charge in [-0.2, -0.15) is 13.2 Å². The highest BCUT2D eigenvalue weighted by Crippen LogP contribution is 2.35. The Morgan fingerprint density at radius 3 is 2.45 bits per heavy atom. The summed E-state index contributed by atoms with van der Waals surface area (Å²) in [5.41, 5.74) is 1.14. The third-order valence-electron chi connectivity index (χ3n) is 4.05. The van der Waals surface area contributed by atoms with Gasteiger partial charge in [0.2, 0.25) is 0 Å². The Kier molecular flexibility index (Phi) is 4.70. The molecule has 1 aliphatic carbocycles. The van der Waals surface area contributed by atoms with Gasteiger partial charge in [0.1, 0.15) is 0 Å². The Bertz CT molecular complexity index is 421. The lowest BCUT2D eigenvalue weighted by atomic mass is 9.79. The molecule has 2 rings (SSSR count). The zero-order valence-corrected chi connectivity index (χ0v) is 11.5. The molecular weight excluding hydrogens is 267 g/mol. The first-order chi connectivity index (χ1) is 9.37. The molecule has 0 bridgehead atoms. The van der Waals surface area contributed by atoms with Crippen molar-refractivity contribution in [3.05, 3.63) is 35.9 Å². The second-order valence-electron chi connectivity index (χ2n) is 5.59. The molecule has 0 aliphatic heterocycles. The SMILES string of the molecule is CN(CC(F)(F)F)C1CC(c2ccccc2)CCC1O. The summed E-state index contributed by atoms with van der Waals surface area (Å²) in [7, 11) is 1.44. The molecule has 1 N–H and O–H groups in total. The zero-order valence-electron chi connectivity index (χ0n) is 11.5. The first kappa shape index (κ1) is 15.3. The van der Waals surface area contributed by atoms with Gasteiger partial charge in [-0.1, -0.05) is 30.3 Å². The molecule has 3 unspecified atom stereocenters. The molecule has 1 aromatic rings. The van der Waals surface area contributed by atoms with Crippen LogP contribution in [0.3, 0.4) is 0 Å². The summed E-state index contributed by atoms with van der Waals surface area (Å²) in [5.74, 6) is 0.222. The van der Waals surface area contributed by atoms with Gasteiger partial charge in [0.25, 0.3) is 0 Å². The second-order valence-corrected chi connectivity index (χ2v) is 5.59. The van der Waals surface area contributed by atoms with Crippen molar-refractivity contribution in [2.45, 2.75) is 43.5 Å². The van der Waals surface area contributed by atoms with E-state index in [0.717, 1.165) is 12.0 Å². The maximum absolute atomic E-state index is 12.5. The largest absolute Gasteiger partial charge is 0.401 e. The van der Waals surface area contributed by atoms with Crippen LogP contribution in [0.15, 0.2) is 30.3 Å². The number of hydrogen-bond acceptors (Lipinski definition) is 2. The van der Waals surface area contributed by atoms with Crippen molar-refractivity contribution in [2.24, 2.45) is 0 Å². The van der Waals surface area contributed by atoms with Crippen molar-refractivity contribution in [3.63, 3.8) is 0 Å². The van der Waals surface area contributed by atoms with Crippen LogP contribution in [0, 0.1) is 0 Å². The van der Waals surface area contributed by atoms with Crippen LogP contribution in [-0.4, -0.2) is 41.9 Å². The number of rotatable bonds is 3. The molecule has 0 spiro atoms. The summed E-state index contributed by atoms with van der Waals surface area (Å²) in [5, 5.41) is 9.99. The molecule has 20 heavy (non-hydrogen) atoms. The number of hydrogen-bond donors (Lipinski definition) is 1. The Morgan fingerprint density at radius 2 is 1.85 bits per heavy atom. The number of aliphatic hydroxyl groups excluding tert-OH is 1. The van der Waals surface area contributed by atoms with Crippen LogP contribution >= 0.6 is 0 Å². The number of benzene rings is 1. The van der Waals surface area contributed by atoms with Gasteiger partial charge in [-0.3, -0.25) is 4.90 Å². The third-order valence-corrected chi connectivity index (χ3v) is 4.05. The molecule has 3 atom stereocenters. The average Bonchev–Trinajstić information content (AvgIpc) is 2.38. The van der Waals surface area contributed by atoms with Crippen molar-refractivity contribution < 1.29 is 18.3 Å². The fourth-order valence-corrected chi connectivity index (χ4v) is 3.03. The van der Waals surface area contributed by atoms with Crippen LogP contribution in [-0.2, 0) is 0 Å². The average molecular weight is 287 g/mol. The van der Waals surface area contributed by atoms with E-state index in [1.807, 2.05) is 30.3 Å². The van der Waals surface area contributed by atoms with Crippen LogP contribution in [0.1, 0.15) is 30.7 Å². The topological polar surface area (TPSA) is 23.5 Å². The van der Waals surface area contributed by atoms with Crippen LogP contribution < -0.4 is 0 Å². The minimum absolute atomic E-state index is 0.222. The van der Waals surface area contributed by atoms with Gasteiger partial charge < -0.3 is 5.11 Å². The van der Waals surface area contributed by atoms with Crippen molar-refractivity contribution in [2.75, 3.05) is 13.6 Å². The van der Waals surface area contributed by atoms with Gasteiger partial charge in [-0.05, 0) is 37.8 Å². The van der Waals surface area contributed by atoms with E-state index in [2.05, 4.69) is 0 Å². The van der Waals surface area contributed by atoms with E-state index in [9.17, 15) is 18.3 Å². The lowest BCUT2D eigenvalue weighted by molar-refractivity contribution is -0.154. The molecule has 2 nitrogen and oxygen atoms in total. The number of halogens is 3. The van der Waals surface area contributed by atoms with Gasteiger partial charge >= 0.3 is 6.18 Å². The molecule has 0 amide bonds. The van der Waals surface area contributed by atoms with Crippen LogP contribution in [0.4, 0.5) is 13.2 Å². The van der Waals surface area contributed by atoms with E-state index in [-0.39, 0.29) is 5.92 Å². The molecular formula is C15H20F3NO. The summed E-state index contributed by atoms with van der Waals surface area (Å²) < 4.78 is 37.5. The Morgan fingerprint density at radius 1 is 1.20 bits per heavy atom. The van der Waals surface area contributed by atoms with Crippen molar-refractivity contribution in [3.8, 4) is 0 Å². The summed E-state index contributed by atoms with van der Waals surface area (Å²) in [6.07, 6.45) is -2.97. The van der Waals surface area contributed by atoms with Crippen molar-refractivity contribution >= 4 is 0 Å². The van der Waals surface area contributed by atoms with Crippen molar-refractivity contribution in [1.82, 2.24) is 4.90 Å². The van der Waals surface area contributed by atoms with Gasteiger partial charge in [-0.25, -0.2) is 0 Å². The smallest absolute Gasteiger partial charge is 0.391 e. The predicted molar refractivity (Wildman–Crippen MR) is 71.5 cm³/mol. The number of alkyl halides is 3. The Balaban J connectivity index is 2.05. The first-order valence-electron chi connectivity index (χ1n) is 6.87. The van der Waals surface area contributed by atoms with Gasteiger partial charge in [-0.15, -0.1) is 0 Å². The summed E-state index contributed by atoms with van der Waals surface area (Å²) in [6, 6.07) is 9.38. The van der Waals surface area contributed by atoms with Crippen LogP contribution in [0.25, 0.3) is 0 Å². The molecule has 0 aromatic heterocycles. The Hall–Kier alpha value is -1.07. The van der Waals surface area contributed by atoms with E-state index in [1.54, 1.807) is 0 Å². The first-order valence-corrected chi connectivity index (χ1v) is 6.87. The Labute approximate surface area is 117 Å². The minimum Gasteiger partial charge on any atom is -0.391 e. The maximum atomic E-state index is 12.5. The minimum atomic E-state index is -4.23. The molecule has 0 radical (unpaired) electrons. The standard InChI is InChI=1S/C15H20F3NO/c1-19(10-15(16,17)18)13-9-12(7-8-14(13)20)11-5-3-2-4-6-11/h2-6,12-14,20H,7-10H2,1H3.